The minimum absolute atomic E-state index is 0.860. The van der Waals surface area contributed by atoms with Crippen molar-refractivity contribution in [2.24, 2.45) is 0 Å². The third-order valence-corrected chi connectivity index (χ3v) is 2.93. The molecule has 0 fully saturated rings. The number of nitrogens with zero attached hydrogens (tertiary/aromatic N) is 1. The molecule has 0 saturated heterocycles. The van der Waals surface area contributed by atoms with Gasteiger partial charge in [-0.1, -0.05) is 6.07 Å². The fraction of sp³-hybridized carbons (Fsp3) is 0.300. The van der Waals surface area contributed by atoms with E-state index in [0.717, 1.165) is 17.1 Å². The number of aryl methyl sites for hydroxylation is 1. The normalized spacial score (nSPS) is 10.9. The molecule has 68 valence electrons. The van der Waals surface area contributed by atoms with E-state index in [2.05, 4.69) is 35.4 Å². The summed E-state index contributed by atoms with van der Waals surface area (Å²) in [6.07, 6.45) is 0. The third-order valence-electron chi connectivity index (χ3n) is 1.92. The maximum atomic E-state index is 4.50. The van der Waals surface area contributed by atoms with Gasteiger partial charge < -0.3 is 5.32 Å². The zero-order valence-corrected chi connectivity index (χ0v) is 8.61. The molecule has 0 aliphatic heterocycles. The van der Waals surface area contributed by atoms with Crippen LogP contribution in [0.25, 0.3) is 10.2 Å². The van der Waals surface area contributed by atoms with Crippen LogP contribution >= 0.6 is 11.3 Å². The van der Waals surface area contributed by atoms with Gasteiger partial charge in [0.25, 0.3) is 0 Å². The SMILES string of the molecule is CNCc1nc2ccc(C)cc2s1. The monoisotopic (exact) mass is 192 g/mol. The molecule has 0 aliphatic rings. The molecule has 1 heterocycles. The number of nitrogens with one attached hydrogen (secondary N) is 1. The van der Waals surface area contributed by atoms with Crippen LogP contribution in [0.1, 0.15) is 10.6 Å². The van der Waals surface area contributed by atoms with E-state index in [1.54, 1.807) is 11.3 Å². The number of rotatable bonds is 2. The highest BCUT2D eigenvalue weighted by molar-refractivity contribution is 7.18. The molecule has 0 unspecified atom stereocenters. The average molecular weight is 192 g/mol. The van der Waals surface area contributed by atoms with Gasteiger partial charge in [-0.25, -0.2) is 4.98 Å². The first-order valence-corrected chi connectivity index (χ1v) is 5.12. The predicted molar refractivity (Wildman–Crippen MR) is 57.1 cm³/mol. The van der Waals surface area contributed by atoms with Crippen LogP contribution in [0.15, 0.2) is 18.2 Å². The quantitative estimate of drug-likeness (QED) is 0.790. The Morgan fingerprint density at radius 3 is 3.08 bits per heavy atom. The Kier molecular flexibility index (Phi) is 2.29. The number of hydrogen-bond acceptors (Lipinski definition) is 3. The molecule has 2 rings (SSSR count). The van der Waals surface area contributed by atoms with E-state index < -0.39 is 0 Å². The van der Waals surface area contributed by atoms with Gasteiger partial charge in [-0.15, -0.1) is 11.3 Å². The molecule has 2 nitrogen and oxygen atoms in total. The minimum Gasteiger partial charge on any atom is -0.314 e. The first kappa shape index (κ1) is 8.66. The van der Waals surface area contributed by atoms with Crippen LogP contribution in [-0.4, -0.2) is 12.0 Å². The number of aromatic nitrogens is 1. The summed E-state index contributed by atoms with van der Waals surface area (Å²) in [5, 5.41) is 4.26. The van der Waals surface area contributed by atoms with Gasteiger partial charge in [0.1, 0.15) is 5.01 Å². The van der Waals surface area contributed by atoms with Crippen molar-refractivity contribution in [2.45, 2.75) is 13.5 Å². The lowest BCUT2D eigenvalue weighted by Gasteiger charge is -1.88. The third kappa shape index (κ3) is 1.71. The second-order valence-electron chi connectivity index (χ2n) is 3.11. The van der Waals surface area contributed by atoms with Crippen LogP contribution in [0.4, 0.5) is 0 Å². The van der Waals surface area contributed by atoms with Crippen molar-refractivity contribution in [2.75, 3.05) is 7.05 Å². The molecule has 0 bridgehead atoms. The van der Waals surface area contributed by atoms with Gasteiger partial charge in [0.2, 0.25) is 0 Å². The molecule has 0 spiro atoms. The van der Waals surface area contributed by atoms with Gasteiger partial charge in [0.15, 0.2) is 0 Å². The first-order valence-electron chi connectivity index (χ1n) is 4.30. The lowest BCUT2D eigenvalue weighted by molar-refractivity contribution is 0.812. The molecule has 3 heteroatoms. The van der Waals surface area contributed by atoms with Crippen molar-refractivity contribution < 1.29 is 0 Å². The summed E-state index contributed by atoms with van der Waals surface area (Å²) in [7, 11) is 1.94. The van der Waals surface area contributed by atoms with E-state index in [1.165, 1.54) is 10.3 Å². The van der Waals surface area contributed by atoms with Crippen molar-refractivity contribution in [1.82, 2.24) is 10.3 Å². The molecule has 0 saturated carbocycles. The standard InChI is InChI=1S/C10H12N2S/c1-7-3-4-8-9(5-7)13-10(12-8)6-11-2/h3-5,11H,6H2,1-2H3. The highest BCUT2D eigenvalue weighted by atomic mass is 32.1. The molecular formula is C10H12N2S. The summed E-state index contributed by atoms with van der Waals surface area (Å²) < 4.78 is 1.28. The molecular weight excluding hydrogens is 180 g/mol. The van der Waals surface area contributed by atoms with Crippen LogP contribution in [0.2, 0.25) is 0 Å². The summed E-state index contributed by atoms with van der Waals surface area (Å²) in [5.74, 6) is 0. The van der Waals surface area contributed by atoms with Gasteiger partial charge in [0.05, 0.1) is 10.2 Å². The minimum atomic E-state index is 0.860. The number of fused-ring (bicyclic) bond motifs is 1. The van der Waals surface area contributed by atoms with Gasteiger partial charge in [-0.2, -0.15) is 0 Å². The fourth-order valence-electron chi connectivity index (χ4n) is 1.31. The smallest absolute Gasteiger partial charge is 0.108 e. The molecule has 0 aliphatic carbocycles. The Labute approximate surface area is 81.6 Å². The average Bonchev–Trinajstić information content (AvgIpc) is 2.46. The first-order chi connectivity index (χ1) is 6.29. The summed E-state index contributed by atoms with van der Waals surface area (Å²) in [5.41, 5.74) is 2.41. The fourth-order valence-corrected chi connectivity index (χ4v) is 2.38. The number of benzene rings is 1. The highest BCUT2D eigenvalue weighted by Gasteiger charge is 2.01. The molecule has 1 aromatic heterocycles. The van der Waals surface area contributed by atoms with E-state index in [9.17, 15) is 0 Å². The van der Waals surface area contributed by atoms with Crippen LogP contribution in [0, 0.1) is 6.92 Å². The summed E-state index contributed by atoms with van der Waals surface area (Å²) in [6, 6.07) is 6.37. The predicted octanol–water partition coefficient (Wildman–Crippen LogP) is 2.32. The van der Waals surface area contributed by atoms with E-state index >= 15 is 0 Å². The zero-order chi connectivity index (χ0) is 9.26. The van der Waals surface area contributed by atoms with Crippen molar-refractivity contribution >= 4 is 21.6 Å². The lowest BCUT2D eigenvalue weighted by Crippen LogP contribution is -2.03. The van der Waals surface area contributed by atoms with Crippen molar-refractivity contribution in [3.05, 3.63) is 28.8 Å². The van der Waals surface area contributed by atoms with E-state index in [4.69, 9.17) is 0 Å². The molecule has 0 atom stereocenters. The van der Waals surface area contributed by atoms with Gasteiger partial charge >= 0.3 is 0 Å². The zero-order valence-electron chi connectivity index (χ0n) is 7.79. The molecule has 13 heavy (non-hydrogen) atoms. The van der Waals surface area contributed by atoms with E-state index in [1.807, 2.05) is 7.05 Å². The van der Waals surface area contributed by atoms with Crippen LogP contribution < -0.4 is 5.32 Å². The Morgan fingerprint density at radius 1 is 1.46 bits per heavy atom. The van der Waals surface area contributed by atoms with E-state index in [0.29, 0.717) is 0 Å². The van der Waals surface area contributed by atoms with Gasteiger partial charge in [-0.05, 0) is 31.7 Å². The summed E-state index contributed by atoms with van der Waals surface area (Å²) in [6.45, 7) is 2.97. The largest absolute Gasteiger partial charge is 0.314 e. The molecule has 1 N–H and O–H groups in total. The molecule has 2 aromatic rings. The summed E-state index contributed by atoms with van der Waals surface area (Å²) >= 11 is 1.76. The van der Waals surface area contributed by atoms with E-state index in [-0.39, 0.29) is 0 Å². The Balaban J connectivity index is 2.49. The number of hydrogen-bond donors (Lipinski definition) is 1. The molecule has 1 aromatic carbocycles. The van der Waals surface area contributed by atoms with Gasteiger partial charge in [-0.3, -0.25) is 0 Å². The number of thiazole rings is 1. The molecule has 0 amide bonds. The summed E-state index contributed by atoms with van der Waals surface area (Å²) in [4.78, 5) is 4.50. The Morgan fingerprint density at radius 2 is 2.31 bits per heavy atom. The van der Waals surface area contributed by atoms with Crippen LogP contribution in [0.3, 0.4) is 0 Å². The van der Waals surface area contributed by atoms with Crippen molar-refractivity contribution in [3.63, 3.8) is 0 Å². The van der Waals surface area contributed by atoms with Crippen molar-refractivity contribution in [3.8, 4) is 0 Å². The maximum Gasteiger partial charge on any atom is 0.108 e. The highest BCUT2D eigenvalue weighted by Crippen LogP contribution is 2.22. The van der Waals surface area contributed by atoms with Crippen LogP contribution in [0.5, 0.6) is 0 Å². The van der Waals surface area contributed by atoms with Crippen molar-refractivity contribution in [1.29, 1.82) is 0 Å². The second-order valence-corrected chi connectivity index (χ2v) is 4.22. The van der Waals surface area contributed by atoms with Crippen LogP contribution in [-0.2, 0) is 6.54 Å². The Bertz CT molecular complexity index is 420. The maximum absolute atomic E-state index is 4.50. The Hall–Kier alpha value is -0.930. The second kappa shape index (κ2) is 3.44. The van der Waals surface area contributed by atoms with Gasteiger partial charge in [0, 0.05) is 6.54 Å². The lowest BCUT2D eigenvalue weighted by atomic mass is 10.2. The topological polar surface area (TPSA) is 24.9 Å². The molecule has 0 radical (unpaired) electrons.